The van der Waals surface area contributed by atoms with Crippen LogP contribution in [0.5, 0.6) is 0 Å². The molecule has 27 heavy (non-hydrogen) atoms. The molecule has 1 aliphatic heterocycles. The van der Waals surface area contributed by atoms with Gasteiger partial charge in [-0.1, -0.05) is 20.8 Å². The number of piperidine rings is 1. The fourth-order valence-corrected chi connectivity index (χ4v) is 4.35. The second kappa shape index (κ2) is 7.81. The Labute approximate surface area is 160 Å². The van der Waals surface area contributed by atoms with E-state index in [2.05, 4.69) is 44.2 Å². The third-order valence-electron chi connectivity index (χ3n) is 5.32. The summed E-state index contributed by atoms with van der Waals surface area (Å²) < 4.78 is 6.49. The number of nitrogens with zero attached hydrogens (tertiary/aromatic N) is 3. The van der Waals surface area contributed by atoms with Crippen LogP contribution in [0.1, 0.15) is 27.2 Å². The number of pyridine rings is 1. The first kappa shape index (κ1) is 21.1. The summed E-state index contributed by atoms with van der Waals surface area (Å²) in [7, 11) is -2.08. The summed E-state index contributed by atoms with van der Waals surface area (Å²) in [6.07, 6.45) is 1.92. The normalized spacial score (nSPS) is 21.0. The Balaban J connectivity index is 2.30. The van der Waals surface area contributed by atoms with Crippen LogP contribution in [-0.4, -0.2) is 54.7 Å². The molecule has 2 heterocycles. The lowest BCUT2D eigenvalue weighted by molar-refractivity contribution is -0.384. The molecular formula is C17H28N4O5Si. The van der Waals surface area contributed by atoms with E-state index in [1.54, 1.807) is 6.07 Å². The number of hydrogen-bond donors (Lipinski definition) is 2. The van der Waals surface area contributed by atoms with Crippen LogP contribution < -0.4 is 10.2 Å². The number of rotatable bonds is 5. The van der Waals surface area contributed by atoms with Crippen molar-refractivity contribution in [1.29, 1.82) is 0 Å². The molecule has 0 radical (unpaired) electrons. The first-order chi connectivity index (χ1) is 12.4. The van der Waals surface area contributed by atoms with Crippen LogP contribution in [-0.2, 0) is 4.43 Å². The summed E-state index contributed by atoms with van der Waals surface area (Å²) in [6.45, 7) is 11.5. The smallest absolute Gasteiger partial charge is 0.404 e. The van der Waals surface area contributed by atoms with E-state index in [0.717, 1.165) is 0 Å². The van der Waals surface area contributed by atoms with E-state index in [4.69, 9.17) is 9.53 Å². The predicted octanol–water partition coefficient (Wildman–Crippen LogP) is 3.23. The highest BCUT2D eigenvalue weighted by Gasteiger charge is 2.41. The van der Waals surface area contributed by atoms with Gasteiger partial charge in [0, 0.05) is 19.3 Å². The molecule has 10 heteroatoms. The molecule has 0 aromatic carbocycles. The standard InChI is InChI=1S/C17H28N4O5Si/c1-17(2,3)27(4,5)26-13-8-12(19-16(22)23)10-20(11-13)14-6-7-18-9-15(14)21(24)25/h6-7,9,12-13,19H,8,10-11H2,1-5H3,(H,22,23)/t12?,13-/m1/s1. The molecule has 1 saturated heterocycles. The molecule has 2 N–H and O–H groups in total. The average Bonchev–Trinajstić information content (AvgIpc) is 2.52. The zero-order chi connectivity index (χ0) is 20.4. The lowest BCUT2D eigenvalue weighted by Crippen LogP contribution is -2.56. The zero-order valence-corrected chi connectivity index (χ0v) is 17.4. The average molecular weight is 397 g/mol. The Bertz CT molecular complexity index is 707. The minimum atomic E-state index is -2.08. The Morgan fingerprint density at radius 2 is 2.11 bits per heavy atom. The molecule has 9 nitrogen and oxygen atoms in total. The van der Waals surface area contributed by atoms with Gasteiger partial charge in [0.25, 0.3) is 0 Å². The highest BCUT2D eigenvalue weighted by atomic mass is 28.4. The third kappa shape index (κ3) is 5.16. The molecule has 1 aromatic rings. The number of aromatic nitrogens is 1. The van der Waals surface area contributed by atoms with Gasteiger partial charge in [0.2, 0.25) is 0 Å². The van der Waals surface area contributed by atoms with Crippen molar-refractivity contribution in [3.8, 4) is 0 Å². The molecule has 2 rings (SSSR count). The first-order valence-corrected chi connectivity index (χ1v) is 11.8. The molecule has 1 amide bonds. The summed E-state index contributed by atoms with van der Waals surface area (Å²) in [4.78, 5) is 27.7. The van der Waals surface area contributed by atoms with Gasteiger partial charge in [-0.15, -0.1) is 0 Å². The number of carbonyl (C=O) groups is 1. The number of carboxylic acid groups (broad SMARTS) is 1. The number of nitro groups is 1. The summed E-state index contributed by atoms with van der Waals surface area (Å²) >= 11 is 0. The van der Waals surface area contributed by atoms with Crippen molar-refractivity contribution in [3.63, 3.8) is 0 Å². The predicted molar refractivity (Wildman–Crippen MR) is 105 cm³/mol. The van der Waals surface area contributed by atoms with Crippen molar-refractivity contribution in [3.05, 3.63) is 28.6 Å². The van der Waals surface area contributed by atoms with Crippen LogP contribution in [0.15, 0.2) is 18.5 Å². The third-order valence-corrected chi connectivity index (χ3v) is 9.86. The molecular weight excluding hydrogens is 368 g/mol. The van der Waals surface area contributed by atoms with Crippen molar-refractivity contribution in [2.75, 3.05) is 18.0 Å². The minimum Gasteiger partial charge on any atom is -0.465 e. The van der Waals surface area contributed by atoms with Gasteiger partial charge < -0.3 is 19.7 Å². The van der Waals surface area contributed by atoms with Crippen molar-refractivity contribution in [1.82, 2.24) is 10.3 Å². The molecule has 1 unspecified atom stereocenters. The Morgan fingerprint density at radius 1 is 1.44 bits per heavy atom. The Morgan fingerprint density at radius 3 is 2.67 bits per heavy atom. The van der Waals surface area contributed by atoms with E-state index in [1.165, 1.54) is 12.4 Å². The number of nitrogens with one attached hydrogen (secondary N) is 1. The van der Waals surface area contributed by atoms with Gasteiger partial charge in [0.1, 0.15) is 11.9 Å². The largest absolute Gasteiger partial charge is 0.465 e. The number of amides is 1. The van der Waals surface area contributed by atoms with E-state index in [1.807, 2.05) is 4.90 Å². The Hall–Kier alpha value is -2.20. The van der Waals surface area contributed by atoms with Crippen LogP contribution in [0.2, 0.25) is 18.1 Å². The van der Waals surface area contributed by atoms with Crippen LogP contribution in [0.25, 0.3) is 0 Å². The van der Waals surface area contributed by atoms with Crippen molar-refractivity contribution in [2.45, 2.75) is 57.5 Å². The molecule has 0 bridgehead atoms. The Kier molecular flexibility index (Phi) is 6.10. The van der Waals surface area contributed by atoms with E-state index >= 15 is 0 Å². The molecule has 2 atom stereocenters. The first-order valence-electron chi connectivity index (χ1n) is 8.91. The van der Waals surface area contributed by atoms with Gasteiger partial charge >= 0.3 is 11.8 Å². The number of hydrogen-bond acceptors (Lipinski definition) is 6. The highest BCUT2D eigenvalue weighted by Crippen LogP contribution is 2.39. The summed E-state index contributed by atoms with van der Waals surface area (Å²) in [5.74, 6) is 0. The van der Waals surface area contributed by atoms with Gasteiger partial charge in [-0.2, -0.15) is 0 Å². The maximum absolute atomic E-state index is 11.4. The van der Waals surface area contributed by atoms with E-state index in [0.29, 0.717) is 25.2 Å². The molecule has 1 fully saturated rings. The number of anilines is 1. The molecule has 0 spiro atoms. The maximum atomic E-state index is 11.4. The second-order valence-electron chi connectivity index (χ2n) is 8.41. The monoisotopic (exact) mass is 396 g/mol. The zero-order valence-electron chi connectivity index (χ0n) is 16.4. The summed E-state index contributed by atoms with van der Waals surface area (Å²) in [6, 6.07) is 1.21. The second-order valence-corrected chi connectivity index (χ2v) is 13.2. The molecule has 0 aliphatic carbocycles. The molecule has 1 aliphatic rings. The molecule has 0 saturated carbocycles. The van der Waals surface area contributed by atoms with E-state index in [-0.39, 0.29) is 22.9 Å². The molecule has 150 valence electrons. The van der Waals surface area contributed by atoms with Gasteiger partial charge in [-0.25, -0.2) is 4.79 Å². The van der Waals surface area contributed by atoms with Gasteiger partial charge in [-0.05, 0) is 30.6 Å². The lowest BCUT2D eigenvalue weighted by atomic mass is 10.0. The quantitative estimate of drug-likeness (QED) is 0.445. The fourth-order valence-electron chi connectivity index (χ4n) is 2.99. The summed E-state index contributed by atoms with van der Waals surface area (Å²) in [5.41, 5.74) is 0.329. The van der Waals surface area contributed by atoms with Gasteiger partial charge in [-0.3, -0.25) is 15.1 Å². The van der Waals surface area contributed by atoms with Crippen molar-refractivity contribution in [2.24, 2.45) is 0 Å². The topological polar surface area (TPSA) is 118 Å². The van der Waals surface area contributed by atoms with Crippen LogP contribution in [0.4, 0.5) is 16.2 Å². The van der Waals surface area contributed by atoms with Gasteiger partial charge in [0.15, 0.2) is 8.32 Å². The summed E-state index contributed by atoms with van der Waals surface area (Å²) in [5, 5.41) is 23.0. The van der Waals surface area contributed by atoms with Crippen LogP contribution in [0.3, 0.4) is 0 Å². The van der Waals surface area contributed by atoms with Crippen LogP contribution in [0, 0.1) is 10.1 Å². The highest BCUT2D eigenvalue weighted by molar-refractivity contribution is 6.74. The SMILES string of the molecule is CC(C)(C)[Si](C)(C)O[C@@H]1CC(NC(=O)O)CN(c2ccncc2[N+](=O)[O-])C1. The minimum absolute atomic E-state index is 0.00760. The van der Waals surface area contributed by atoms with Crippen molar-refractivity contribution >= 4 is 25.8 Å². The maximum Gasteiger partial charge on any atom is 0.404 e. The van der Waals surface area contributed by atoms with Crippen molar-refractivity contribution < 1.29 is 19.3 Å². The molecule has 1 aromatic heterocycles. The van der Waals surface area contributed by atoms with E-state index in [9.17, 15) is 14.9 Å². The van der Waals surface area contributed by atoms with Crippen LogP contribution >= 0.6 is 0 Å². The van der Waals surface area contributed by atoms with E-state index < -0.39 is 19.3 Å². The lowest BCUT2D eigenvalue weighted by Gasteiger charge is -2.44. The van der Waals surface area contributed by atoms with Gasteiger partial charge in [0.05, 0.1) is 17.1 Å². The fraction of sp³-hybridized carbons (Fsp3) is 0.647.